The number of nitrogens with zero attached hydrogens (tertiary/aromatic N) is 1. The van der Waals surface area contributed by atoms with Gasteiger partial charge in [0.15, 0.2) is 6.61 Å². The van der Waals surface area contributed by atoms with Crippen LogP contribution in [0.2, 0.25) is 0 Å². The summed E-state index contributed by atoms with van der Waals surface area (Å²) in [4.78, 5) is 36.5. The van der Waals surface area contributed by atoms with Crippen molar-refractivity contribution in [1.82, 2.24) is 9.62 Å². The third kappa shape index (κ3) is 5.02. The minimum absolute atomic E-state index is 0.150. The average Bonchev–Trinajstić information content (AvgIpc) is 3.08. The molecule has 0 aromatic heterocycles. The van der Waals surface area contributed by atoms with Crippen molar-refractivity contribution in [2.75, 3.05) is 19.7 Å². The van der Waals surface area contributed by atoms with Crippen molar-refractivity contribution in [1.29, 1.82) is 0 Å². The van der Waals surface area contributed by atoms with Gasteiger partial charge in [-0.25, -0.2) is 13.1 Å². The van der Waals surface area contributed by atoms with Crippen LogP contribution in [-0.2, 0) is 29.1 Å². The Bertz CT molecular complexity index is 923. The van der Waals surface area contributed by atoms with Crippen LogP contribution in [0.3, 0.4) is 0 Å². The van der Waals surface area contributed by atoms with Crippen LogP contribution in [0.25, 0.3) is 0 Å². The van der Waals surface area contributed by atoms with Crippen molar-refractivity contribution >= 4 is 27.8 Å². The van der Waals surface area contributed by atoms with Crippen molar-refractivity contribution in [3.8, 4) is 0 Å². The van der Waals surface area contributed by atoms with E-state index in [4.69, 9.17) is 4.74 Å². The first-order valence-electron chi connectivity index (χ1n) is 9.52. The lowest BCUT2D eigenvalue weighted by Gasteiger charge is -2.19. The van der Waals surface area contributed by atoms with Gasteiger partial charge in [-0.1, -0.05) is 0 Å². The summed E-state index contributed by atoms with van der Waals surface area (Å²) in [5, 5.41) is 0. The minimum atomic E-state index is -3.81. The van der Waals surface area contributed by atoms with E-state index in [-0.39, 0.29) is 23.8 Å². The molecule has 1 heterocycles. The van der Waals surface area contributed by atoms with Gasteiger partial charge < -0.3 is 4.74 Å². The lowest BCUT2D eigenvalue weighted by atomic mass is 9.95. The fourth-order valence-electron chi connectivity index (χ4n) is 3.43. The molecule has 1 aromatic carbocycles. The van der Waals surface area contributed by atoms with Gasteiger partial charge in [-0.15, -0.1) is 0 Å². The molecule has 1 N–H and O–H groups in total. The quantitative estimate of drug-likeness (QED) is 0.666. The van der Waals surface area contributed by atoms with Crippen LogP contribution >= 0.6 is 0 Å². The molecule has 8 nitrogen and oxygen atoms in total. The molecule has 1 aromatic rings. The van der Waals surface area contributed by atoms with E-state index in [1.807, 2.05) is 20.8 Å². The number of likely N-dealkylation sites (tertiary alicyclic amines) is 1. The first kappa shape index (κ1) is 23.0. The number of nitrogens with one attached hydrogen (secondary N) is 1. The van der Waals surface area contributed by atoms with Gasteiger partial charge in [0.2, 0.25) is 15.9 Å². The van der Waals surface area contributed by atoms with Gasteiger partial charge in [-0.2, -0.15) is 0 Å². The number of hydrogen-bond acceptors (Lipinski definition) is 6. The number of rotatable bonds is 7. The smallest absolute Gasteiger partial charge is 0.307 e. The Kier molecular flexibility index (Phi) is 7.18. The van der Waals surface area contributed by atoms with Crippen molar-refractivity contribution in [2.45, 2.75) is 58.8 Å². The highest BCUT2D eigenvalue weighted by Crippen LogP contribution is 2.29. The Labute approximate surface area is 171 Å². The Morgan fingerprint density at radius 1 is 1.00 bits per heavy atom. The second-order valence-corrected chi connectivity index (χ2v) is 9.01. The van der Waals surface area contributed by atoms with Crippen molar-refractivity contribution in [2.24, 2.45) is 0 Å². The van der Waals surface area contributed by atoms with Crippen LogP contribution in [0.5, 0.6) is 0 Å². The van der Waals surface area contributed by atoms with E-state index in [1.54, 1.807) is 13.8 Å². The molecule has 0 aliphatic carbocycles. The van der Waals surface area contributed by atoms with Gasteiger partial charge >= 0.3 is 5.97 Å². The number of carbonyl (C=O) groups is 3. The highest BCUT2D eigenvalue weighted by molar-refractivity contribution is 7.89. The number of sulfonamides is 1. The summed E-state index contributed by atoms with van der Waals surface area (Å²) in [6, 6.07) is 0. The van der Waals surface area contributed by atoms with E-state index >= 15 is 0 Å². The van der Waals surface area contributed by atoms with Gasteiger partial charge in [-0.3, -0.25) is 19.3 Å². The lowest BCUT2D eigenvalue weighted by molar-refractivity contribution is -0.154. The molecule has 0 atom stereocenters. The van der Waals surface area contributed by atoms with Crippen LogP contribution in [0.1, 0.15) is 47.1 Å². The number of esters is 1. The zero-order chi connectivity index (χ0) is 21.9. The second kappa shape index (κ2) is 9.04. The molecule has 2 rings (SSSR count). The first-order chi connectivity index (χ1) is 13.5. The van der Waals surface area contributed by atoms with E-state index in [0.29, 0.717) is 30.5 Å². The molecule has 0 bridgehead atoms. The first-order valence-corrected chi connectivity index (χ1v) is 11.0. The highest BCUT2D eigenvalue weighted by atomic mass is 32.2. The number of benzene rings is 1. The summed E-state index contributed by atoms with van der Waals surface area (Å²) in [5.74, 6) is -1.54. The molecule has 0 saturated carbocycles. The van der Waals surface area contributed by atoms with Crippen LogP contribution in [-0.4, -0.2) is 50.8 Å². The number of carbonyl (C=O) groups excluding carboxylic acids is 3. The number of imide groups is 1. The molecule has 0 radical (unpaired) electrons. The summed E-state index contributed by atoms with van der Waals surface area (Å²) < 4.78 is 32.9. The maximum atomic E-state index is 12.8. The summed E-state index contributed by atoms with van der Waals surface area (Å²) in [5.41, 5.74) is 4.26. The van der Waals surface area contributed by atoms with Gasteiger partial charge in [-0.05, 0) is 68.9 Å². The molecule has 2 amide bonds. The average molecular weight is 425 g/mol. The van der Waals surface area contributed by atoms with Gasteiger partial charge in [0.05, 0.1) is 11.3 Å². The number of amides is 2. The standard InChI is InChI=1S/C20H28N2O6S/c1-12-13(2)15(4)20(16(5)14(12)3)29(26,27)21-9-8-19(25)28-11-18(24)22-10-6-7-17(22)23/h21H,6-11H2,1-5H3. The van der Waals surface area contributed by atoms with E-state index in [0.717, 1.165) is 21.6 Å². The fourth-order valence-corrected chi connectivity index (χ4v) is 5.06. The van der Waals surface area contributed by atoms with E-state index in [9.17, 15) is 22.8 Å². The Morgan fingerprint density at radius 3 is 2.07 bits per heavy atom. The molecule has 0 unspecified atom stereocenters. The van der Waals surface area contributed by atoms with Crippen molar-refractivity contribution in [3.05, 3.63) is 27.8 Å². The third-order valence-corrected chi connectivity index (χ3v) is 7.29. The summed E-state index contributed by atoms with van der Waals surface area (Å²) in [6.45, 7) is 8.93. The van der Waals surface area contributed by atoms with Crippen molar-refractivity contribution in [3.63, 3.8) is 0 Å². The molecule has 1 saturated heterocycles. The van der Waals surface area contributed by atoms with Crippen LogP contribution < -0.4 is 4.72 Å². The van der Waals surface area contributed by atoms with E-state index in [1.165, 1.54) is 0 Å². The Balaban J connectivity index is 1.94. The fraction of sp³-hybridized carbons (Fsp3) is 0.550. The van der Waals surface area contributed by atoms with E-state index < -0.39 is 28.5 Å². The molecule has 160 valence electrons. The highest BCUT2D eigenvalue weighted by Gasteiger charge is 2.27. The van der Waals surface area contributed by atoms with Crippen molar-refractivity contribution < 1.29 is 27.5 Å². The monoisotopic (exact) mass is 424 g/mol. The topological polar surface area (TPSA) is 110 Å². The molecular weight excluding hydrogens is 396 g/mol. The molecule has 0 spiro atoms. The molecule has 1 aliphatic rings. The SMILES string of the molecule is Cc1c(C)c(C)c(S(=O)(=O)NCCC(=O)OCC(=O)N2CCCC2=O)c(C)c1C. The maximum absolute atomic E-state index is 12.8. The van der Waals surface area contributed by atoms with Crippen LogP contribution in [0, 0.1) is 34.6 Å². The summed E-state index contributed by atoms with van der Waals surface area (Å²) in [7, 11) is -3.81. The normalized spacial score (nSPS) is 14.4. The van der Waals surface area contributed by atoms with E-state index in [2.05, 4.69) is 4.72 Å². The van der Waals surface area contributed by atoms with Crippen LogP contribution in [0.4, 0.5) is 0 Å². The molecule has 29 heavy (non-hydrogen) atoms. The third-order valence-electron chi connectivity index (χ3n) is 5.55. The lowest BCUT2D eigenvalue weighted by Crippen LogP contribution is -2.35. The Hall–Kier alpha value is -2.26. The molecule has 1 fully saturated rings. The Morgan fingerprint density at radius 2 is 1.55 bits per heavy atom. The predicted molar refractivity (Wildman–Crippen MR) is 107 cm³/mol. The predicted octanol–water partition coefficient (Wildman–Crippen LogP) is 1.59. The summed E-state index contributed by atoms with van der Waals surface area (Å²) >= 11 is 0. The number of hydrogen-bond donors (Lipinski definition) is 1. The second-order valence-electron chi connectivity index (χ2n) is 7.31. The summed E-state index contributed by atoms with van der Waals surface area (Å²) in [6.07, 6.45) is 0.706. The van der Waals surface area contributed by atoms with Gasteiger partial charge in [0, 0.05) is 19.5 Å². The number of ether oxygens (including phenoxy) is 1. The maximum Gasteiger partial charge on any atom is 0.307 e. The van der Waals surface area contributed by atoms with Gasteiger partial charge in [0.1, 0.15) is 0 Å². The van der Waals surface area contributed by atoms with Crippen LogP contribution in [0.15, 0.2) is 4.90 Å². The minimum Gasteiger partial charge on any atom is -0.456 e. The largest absolute Gasteiger partial charge is 0.456 e. The zero-order valence-corrected chi connectivity index (χ0v) is 18.4. The molecule has 1 aliphatic heterocycles. The zero-order valence-electron chi connectivity index (χ0n) is 17.5. The molecular formula is C20H28N2O6S. The van der Waals surface area contributed by atoms with Gasteiger partial charge in [0.25, 0.3) is 5.91 Å². The molecule has 9 heteroatoms.